The average molecular weight is 232 g/mol. The van der Waals surface area contributed by atoms with Gasteiger partial charge in [-0.25, -0.2) is 9.97 Å². The Kier molecular flexibility index (Phi) is 5.44. The highest BCUT2D eigenvalue weighted by Gasteiger charge is 2.08. The van der Waals surface area contributed by atoms with Crippen LogP contribution in [-0.2, 0) is 6.54 Å². The number of hydrogen-bond donors (Lipinski definition) is 1. The van der Waals surface area contributed by atoms with Crippen molar-refractivity contribution in [2.75, 3.05) is 24.5 Å². The molecule has 92 valence electrons. The fourth-order valence-corrected chi connectivity index (χ4v) is 1.54. The quantitative estimate of drug-likeness (QED) is 0.752. The molecule has 17 heavy (non-hydrogen) atoms. The molecule has 1 heterocycles. The van der Waals surface area contributed by atoms with E-state index in [0.29, 0.717) is 6.54 Å². The van der Waals surface area contributed by atoms with Crippen LogP contribution in [0.3, 0.4) is 0 Å². The summed E-state index contributed by atoms with van der Waals surface area (Å²) in [7, 11) is 0. The minimum absolute atomic E-state index is 0.542. The molecule has 0 saturated carbocycles. The smallest absolute Gasteiger partial charge is 0.226 e. The molecular weight excluding hydrogens is 212 g/mol. The zero-order valence-electron chi connectivity index (χ0n) is 10.8. The van der Waals surface area contributed by atoms with Crippen molar-refractivity contribution in [3.8, 4) is 12.3 Å². The van der Waals surface area contributed by atoms with Crippen LogP contribution in [0.2, 0.25) is 0 Å². The molecule has 4 nitrogen and oxygen atoms in total. The number of anilines is 1. The normalized spacial score (nSPS) is 10.0. The zero-order chi connectivity index (χ0) is 12.7. The van der Waals surface area contributed by atoms with Crippen LogP contribution in [0.4, 0.5) is 5.95 Å². The molecular formula is C13H20N4. The van der Waals surface area contributed by atoms with E-state index in [1.807, 2.05) is 24.8 Å². The lowest BCUT2D eigenvalue weighted by molar-refractivity contribution is 0.702. The number of aryl methyl sites for hydroxylation is 1. The maximum absolute atomic E-state index is 5.34. The Labute approximate surface area is 103 Å². The van der Waals surface area contributed by atoms with Crippen LogP contribution in [0.15, 0.2) is 6.07 Å². The summed E-state index contributed by atoms with van der Waals surface area (Å²) in [6.45, 7) is 9.15. The second-order valence-corrected chi connectivity index (χ2v) is 3.80. The average Bonchev–Trinajstić information content (AvgIpc) is 2.32. The summed E-state index contributed by atoms with van der Waals surface area (Å²) in [6.07, 6.45) is 5.34. The molecule has 1 aromatic rings. The van der Waals surface area contributed by atoms with Crippen LogP contribution in [0, 0.1) is 19.3 Å². The predicted molar refractivity (Wildman–Crippen MR) is 70.9 cm³/mol. The fourth-order valence-electron chi connectivity index (χ4n) is 1.54. The summed E-state index contributed by atoms with van der Waals surface area (Å²) >= 11 is 0. The molecule has 0 aliphatic rings. The minimum Gasteiger partial charge on any atom is -0.330 e. The van der Waals surface area contributed by atoms with E-state index in [-0.39, 0.29) is 0 Å². The van der Waals surface area contributed by atoms with Crippen molar-refractivity contribution in [1.82, 2.24) is 15.3 Å². The third kappa shape index (κ3) is 4.04. The maximum Gasteiger partial charge on any atom is 0.226 e. The molecule has 0 amide bonds. The van der Waals surface area contributed by atoms with Gasteiger partial charge in [0.25, 0.3) is 0 Å². The van der Waals surface area contributed by atoms with Crippen LogP contribution in [0.5, 0.6) is 0 Å². The van der Waals surface area contributed by atoms with Gasteiger partial charge in [0.05, 0.1) is 12.2 Å². The van der Waals surface area contributed by atoms with Crippen LogP contribution in [-0.4, -0.2) is 29.6 Å². The van der Waals surface area contributed by atoms with Gasteiger partial charge in [0.15, 0.2) is 0 Å². The Morgan fingerprint density at radius 3 is 2.76 bits per heavy atom. The number of nitrogens with zero attached hydrogens (tertiary/aromatic N) is 3. The summed E-state index contributed by atoms with van der Waals surface area (Å²) < 4.78 is 0. The van der Waals surface area contributed by atoms with Gasteiger partial charge in [0, 0.05) is 18.8 Å². The van der Waals surface area contributed by atoms with Gasteiger partial charge in [-0.05, 0) is 26.5 Å². The third-order valence-corrected chi connectivity index (χ3v) is 2.40. The standard InChI is InChI=1S/C13H20N4/c1-5-8-17(7-3)13-15-11(4)9-12(16-13)10-14-6-2/h1,9,14H,6-8,10H2,2-4H3. The SMILES string of the molecule is C#CCN(CC)c1nc(C)cc(CNCC)n1. The van der Waals surface area contributed by atoms with Crippen molar-refractivity contribution < 1.29 is 0 Å². The monoisotopic (exact) mass is 232 g/mol. The second kappa shape index (κ2) is 6.87. The molecule has 0 aliphatic carbocycles. The van der Waals surface area contributed by atoms with E-state index in [1.54, 1.807) is 0 Å². The lowest BCUT2D eigenvalue weighted by Gasteiger charge is -2.19. The molecule has 0 unspecified atom stereocenters. The number of aromatic nitrogens is 2. The van der Waals surface area contributed by atoms with Crippen LogP contribution in [0.25, 0.3) is 0 Å². The van der Waals surface area contributed by atoms with Crippen molar-refractivity contribution in [2.45, 2.75) is 27.3 Å². The highest BCUT2D eigenvalue weighted by atomic mass is 15.2. The molecule has 0 radical (unpaired) electrons. The predicted octanol–water partition coefficient (Wildman–Crippen LogP) is 1.35. The Hall–Kier alpha value is -1.60. The first-order valence-corrected chi connectivity index (χ1v) is 5.94. The van der Waals surface area contributed by atoms with Crippen LogP contribution >= 0.6 is 0 Å². The van der Waals surface area contributed by atoms with E-state index >= 15 is 0 Å². The lowest BCUT2D eigenvalue weighted by atomic mass is 10.3. The minimum atomic E-state index is 0.542. The number of rotatable bonds is 6. The summed E-state index contributed by atoms with van der Waals surface area (Å²) in [4.78, 5) is 10.9. The molecule has 1 rings (SSSR count). The summed E-state index contributed by atoms with van der Waals surface area (Å²) in [5.41, 5.74) is 1.98. The number of nitrogens with one attached hydrogen (secondary N) is 1. The van der Waals surface area contributed by atoms with Gasteiger partial charge in [0.1, 0.15) is 0 Å². The number of terminal acetylenes is 1. The van der Waals surface area contributed by atoms with Gasteiger partial charge in [-0.3, -0.25) is 0 Å². The highest BCUT2D eigenvalue weighted by molar-refractivity contribution is 5.34. The first-order chi connectivity index (χ1) is 8.21. The van der Waals surface area contributed by atoms with Crippen molar-refractivity contribution in [3.05, 3.63) is 17.5 Å². The van der Waals surface area contributed by atoms with E-state index in [4.69, 9.17) is 6.42 Å². The first-order valence-electron chi connectivity index (χ1n) is 5.94. The highest BCUT2D eigenvalue weighted by Crippen LogP contribution is 2.09. The third-order valence-electron chi connectivity index (χ3n) is 2.40. The second-order valence-electron chi connectivity index (χ2n) is 3.80. The van der Waals surface area contributed by atoms with Crippen LogP contribution in [0.1, 0.15) is 25.2 Å². The van der Waals surface area contributed by atoms with E-state index in [0.717, 1.165) is 37.0 Å². The molecule has 0 spiro atoms. The van der Waals surface area contributed by atoms with Crippen molar-refractivity contribution in [3.63, 3.8) is 0 Å². The Morgan fingerprint density at radius 1 is 1.41 bits per heavy atom. The van der Waals surface area contributed by atoms with Crippen molar-refractivity contribution in [1.29, 1.82) is 0 Å². The van der Waals surface area contributed by atoms with Gasteiger partial charge in [-0.1, -0.05) is 12.8 Å². The molecule has 0 saturated heterocycles. The lowest BCUT2D eigenvalue weighted by Crippen LogP contribution is -2.26. The Balaban J connectivity index is 2.91. The maximum atomic E-state index is 5.34. The van der Waals surface area contributed by atoms with E-state index in [9.17, 15) is 0 Å². The van der Waals surface area contributed by atoms with Gasteiger partial charge >= 0.3 is 0 Å². The largest absolute Gasteiger partial charge is 0.330 e. The van der Waals surface area contributed by atoms with Gasteiger partial charge in [-0.15, -0.1) is 6.42 Å². The van der Waals surface area contributed by atoms with Crippen molar-refractivity contribution in [2.24, 2.45) is 0 Å². The Bertz CT molecular complexity index is 395. The summed E-state index contributed by atoms with van der Waals surface area (Å²) in [5.74, 6) is 3.35. The molecule has 0 aliphatic heterocycles. The van der Waals surface area contributed by atoms with E-state index in [1.165, 1.54) is 0 Å². The molecule has 4 heteroatoms. The molecule has 0 fully saturated rings. The Morgan fingerprint density at radius 2 is 2.18 bits per heavy atom. The fraction of sp³-hybridized carbons (Fsp3) is 0.538. The molecule has 0 aromatic carbocycles. The summed E-state index contributed by atoms with van der Waals surface area (Å²) in [6, 6.07) is 2.00. The van der Waals surface area contributed by atoms with Gasteiger partial charge < -0.3 is 10.2 Å². The zero-order valence-corrected chi connectivity index (χ0v) is 10.8. The van der Waals surface area contributed by atoms with E-state index < -0.39 is 0 Å². The molecule has 0 atom stereocenters. The topological polar surface area (TPSA) is 41.1 Å². The summed E-state index contributed by atoms with van der Waals surface area (Å²) in [5, 5.41) is 3.26. The van der Waals surface area contributed by atoms with Crippen molar-refractivity contribution >= 4 is 5.95 Å². The van der Waals surface area contributed by atoms with E-state index in [2.05, 4.69) is 28.1 Å². The van der Waals surface area contributed by atoms with Gasteiger partial charge in [0.2, 0.25) is 5.95 Å². The molecule has 1 N–H and O–H groups in total. The van der Waals surface area contributed by atoms with Crippen LogP contribution < -0.4 is 10.2 Å². The first kappa shape index (κ1) is 13.5. The van der Waals surface area contributed by atoms with Gasteiger partial charge in [-0.2, -0.15) is 0 Å². The number of hydrogen-bond acceptors (Lipinski definition) is 4. The molecule has 0 bridgehead atoms. The molecule has 1 aromatic heterocycles.